The average Bonchev–Trinajstić information content (AvgIpc) is 2.19. The lowest BCUT2D eigenvalue weighted by Crippen LogP contribution is -1.82. The summed E-state index contributed by atoms with van der Waals surface area (Å²) in [5.41, 5.74) is 3.37. The van der Waals surface area contributed by atoms with Gasteiger partial charge in [-0.1, -0.05) is 23.7 Å². The summed E-state index contributed by atoms with van der Waals surface area (Å²) in [6, 6.07) is 11.9. The number of nitrogens with zero attached hydrogens (tertiary/aromatic N) is 1. The third kappa shape index (κ3) is 1.94. The zero-order chi connectivity index (χ0) is 9.97. The molecule has 2 rings (SSSR count). The Morgan fingerprint density at radius 1 is 1.00 bits per heavy atom. The largest absolute Gasteiger partial charge is 0.262 e. The van der Waals surface area contributed by atoms with E-state index < -0.39 is 0 Å². The van der Waals surface area contributed by atoms with Crippen LogP contribution in [0.2, 0.25) is 5.02 Å². The molecule has 70 valence electrons. The van der Waals surface area contributed by atoms with Crippen molar-refractivity contribution in [2.24, 2.45) is 0 Å². The molecular formula is C12H10ClN. The molecule has 0 bridgehead atoms. The van der Waals surface area contributed by atoms with Gasteiger partial charge in [-0.2, -0.15) is 0 Å². The smallest absolute Gasteiger partial charge is 0.0406 e. The molecule has 1 aromatic carbocycles. The lowest BCUT2D eigenvalue weighted by atomic mass is 10.1. The fraction of sp³-hybridized carbons (Fsp3) is 0.0833. The van der Waals surface area contributed by atoms with E-state index in [4.69, 9.17) is 11.6 Å². The molecule has 0 N–H and O–H groups in total. The Morgan fingerprint density at radius 3 is 2.36 bits per heavy atom. The van der Waals surface area contributed by atoms with Crippen molar-refractivity contribution in [3.05, 3.63) is 53.3 Å². The lowest BCUT2D eigenvalue weighted by Gasteiger charge is -2.01. The Bertz CT molecular complexity index is 434. The maximum Gasteiger partial charge on any atom is 0.0406 e. The predicted octanol–water partition coefficient (Wildman–Crippen LogP) is 3.71. The van der Waals surface area contributed by atoms with E-state index in [1.54, 1.807) is 0 Å². The van der Waals surface area contributed by atoms with Gasteiger partial charge in [0.25, 0.3) is 0 Å². The van der Waals surface area contributed by atoms with Gasteiger partial charge < -0.3 is 0 Å². The second-order valence-corrected chi connectivity index (χ2v) is 3.63. The van der Waals surface area contributed by atoms with E-state index in [0.717, 1.165) is 10.7 Å². The molecule has 0 saturated heterocycles. The van der Waals surface area contributed by atoms with Crippen molar-refractivity contribution >= 4 is 11.6 Å². The third-order valence-electron chi connectivity index (χ3n) is 2.07. The highest BCUT2D eigenvalue weighted by Crippen LogP contribution is 2.21. The van der Waals surface area contributed by atoms with Gasteiger partial charge in [0.2, 0.25) is 0 Å². The van der Waals surface area contributed by atoms with Gasteiger partial charge in [0.15, 0.2) is 0 Å². The number of benzene rings is 1. The van der Waals surface area contributed by atoms with Gasteiger partial charge in [-0.15, -0.1) is 0 Å². The molecule has 0 saturated carbocycles. The summed E-state index contributed by atoms with van der Waals surface area (Å²) in [5.74, 6) is 0. The van der Waals surface area contributed by atoms with E-state index >= 15 is 0 Å². The maximum atomic E-state index is 5.82. The average molecular weight is 204 g/mol. The second-order valence-electron chi connectivity index (χ2n) is 3.19. The SMILES string of the molecule is Cc1cc(-c2ccc(Cl)cc2)ccn1. The minimum absolute atomic E-state index is 0.763. The Morgan fingerprint density at radius 2 is 1.71 bits per heavy atom. The summed E-state index contributed by atoms with van der Waals surface area (Å²) in [7, 11) is 0. The fourth-order valence-corrected chi connectivity index (χ4v) is 1.49. The highest BCUT2D eigenvalue weighted by atomic mass is 35.5. The zero-order valence-electron chi connectivity index (χ0n) is 7.87. The summed E-state index contributed by atoms with van der Waals surface area (Å²) >= 11 is 5.82. The highest BCUT2D eigenvalue weighted by Gasteiger charge is 1.97. The molecule has 0 amide bonds. The van der Waals surface area contributed by atoms with Gasteiger partial charge in [0, 0.05) is 16.9 Å². The van der Waals surface area contributed by atoms with Crippen LogP contribution < -0.4 is 0 Å². The first kappa shape index (κ1) is 9.22. The minimum atomic E-state index is 0.763. The number of rotatable bonds is 1. The molecule has 0 unspecified atom stereocenters. The zero-order valence-corrected chi connectivity index (χ0v) is 8.62. The molecule has 2 aromatic rings. The molecule has 1 heterocycles. The third-order valence-corrected chi connectivity index (χ3v) is 2.33. The maximum absolute atomic E-state index is 5.82. The van der Waals surface area contributed by atoms with Crippen molar-refractivity contribution in [3.63, 3.8) is 0 Å². The van der Waals surface area contributed by atoms with Crippen LogP contribution in [0.4, 0.5) is 0 Å². The first-order valence-corrected chi connectivity index (χ1v) is 4.82. The van der Waals surface area contributed by atoms with Crippen molar-refractivity contribution in [3.8, 4) is 11.1 Å². The summed E-state index contributed by atoms with van der Waals surface area (Å²) in [6.45, 7) is 1.99. The van der Waals surface area contributed by atoms with Gasteiger partial charge in [-0.05, 0) is 42.3 Å². The lowest BCUT2D eigenvalue weighted by molar-refractivity contribution is 1.20. The van der Waals surface area contributed by atoms with Crippen LogP contribution in [0.15, 0.2) is 42.6 Å². The monoisotopic (exact) mass is 203 g/mol. The normalized spacial score (nSPS) is 10.1. The van der Waals surface area contributed by atoms with E-state index in [2.05, 4.69) is 11.1 Å². The van der Waals surface area contributed by atoms with Gasteiger partial charge >= 0.3 is 0 Å². The molecule has 1 aromatic heterocycles. The van der Waals surface area contributed by atoms with Crippen LogP contribution in [0.3, 0.4) is 0 Å². The van der Waals surface area contributed by atoms with Crippen LogP contribution in [-0.4, -0.2) is 4.98 Å². The summed E-state index contributed by atoms with van der Waals surface area (Å²) in [4.78, 5) is 4.16. The van der Waals surface area contributed by atoms with Crippen LogP contribution in [-0.2, 0) is 0 Å². The summed E-state index contributed by atoms with van der Waals surface area (Å²) in [6.07, 6.45) is 1.82. The minimum Gasteiger partial charge on any atom is -0.262 e. The number of aryl methyl sites for hydroxylation is 1. The van der Waals surface area contributed by atoms with Crippen molar-refractivity contribution in [1.82, 2.24) is 4.98 Å². The molecule has 1 nitrogen and oxygen atoms in total. The molecule has 0 radical (unpaired) electrons. The number of aromatic nitrogens is 1. The van der Waals surface area contributed by atoms with Gasteiger partial charge in [-0.25, -0.2) is 0 Å². The van der Waals surface area contributed by atoms with Crippen molar-refractivity contribution in [2.75, 3.05) is 0 Å². The molecule has 0 aliphatic heterocycles. The summed E-state index contributed by atoms with van der Waals surface area (Å²) in [5, 5.41) is 0.763. The Hall–Kier alpha value is -1.34. The first-order valence-electron chi connectivity index (χ1n) is 4.44. The van der Waals surface area contributed by atoms with Crippen molar-refractivity contribution in [2.45, 2.75) is 6.92 Å². The first-order chi connectivity index (χ1) is 6.75. The van der Waals surface area contributed by atoms with E-state index in [1.807, 2.05) is 43.5 Å². The van der Waals surface area contributed by atoms with Crippen molar-refractivity contribution < 1.29 is 0 Å². The highest BCUT2D eigenvalue weighted by molar-refractivity contribution is 6.30. The molecule has 0 fully saturated rings. The quantitative estimate of drug-likeness (QED) is 0.689. The Balaban J connectivity index is 2.44. The van der Waals surface area contributed by atoms with Crippen LogP contribution in [0.25, 0.3) is 11.1 Å². The van der Waals surface area contributed by atoms with Gasteiger partial charge in [0.05, 0.1) is 0 Å². The molecular weight excluding hydrogens is 194 g/mol. The number of halogens is 1. The number of pyridine rings is 1. The van der Waals surface area contributed by atoms with Crippen molar-refractivity contribution in [1.29, 1.82) is 0 Å². The molecule has 0 spiro atoms. The molecule has 0 atom stereocenters. The number of hydrogen-bond donors (Lipinski definition) is 0. The van der Waals surface area contributed by atoms with Gasteiger partial charge in [0.1, 0.15) is 0 Å². The molecule has 2 heteroatoms. The van der Waals surface area contributed by atoms with E-state index in [-0.39, 0.29) is 0 Å². The topological polar surface area (TPSA) is 12.9 Å². The van der Waals surface area contributed by atoms with E-state index in [9.17, 15) is 0 Å². The standard InChI is InChI=1S/C12H10ClN/c1-9-8-11(6-7-14-9)10-2-4-12(13)5-3-10/h2-8H,1H3. The second kappa shape index (κ2) is 3.81. The summed E-state index contributed by atoms with van der Waals surface area (Å²) < 4.78 is 0. The Kier molecular flexibility index (Phi) is 2.51. The predicted molar refractivity (Wildman–Crippen MR) is 59.4 cm³/mol. The van der Waals surface area contributed by atoms with E-state index in [0.29, 0.717) is 0 Å². The van der Waals surface area contributed by atoms with Crippen LogP contribution in [0.1, 0.15) is 5.69 Å². The molecule has 0 aliphatic carbocycles. The Labute approximate surface area is 88.4 Å². The number of hydrogen-bond acceptors (Lipinski definition) is 1. The van der Waals surface area contributed by atoms with E-state index in [1.165, 1.54) is 11.1 Å². The molecule has 14 heavy (non-hydrogen) atoms. The van der Waals surface area contributed by atoms with Crippen LogP contribution in [0, 0.1) is 6.92 Å². The van der Waals surface area contributed by atoms with Crippen LogP contribution in [0.5, 0.6) is 0 Å². The van der Waals surface area contributed by atoms with Gasteiger partial charge in [-0.3, -0.25) is 4.98 Å². The van der Waals surface area contributed by atoms with Crippen LogP contribution >= 0.6 is 11.6 Å². The fourth-order valence-electron chi connectivity index (χ4n) is 1.37. The molecule has 0 aliphatic rings.